The van der Waals surface area contributed by atoms with Crippen LogP contribution in [0.1, 0.15) is 22.4 Å². The summed E-state index contributed by atoms with van der Waals surface area (Å²) in [5, 5.41) is 13.2. The molecule has 0 atom stereocenters. The number of aromatic nitrogens is 1. The van der Waals surface area contributed by atoms with E-state index in [-0.39, 0.29) is 0 Å². The summed E-state index contributed by atoms with van der Waals surface area (Å²) in [6.45, 7) is 3.21. The summed E-state index contributed by atoms with van der Waals surface area (Å²) in [6.07, 6.45) is 0.949. The van der Waals surface area contributed by atoms with Gasteiger partial charge in [0.1, 0.15) is 22.4 Å². The number of hydrogen-bond donors (Lipinski definition) is 1. The zero-order chi connectivity index (χ0) is 14.1. The number of rotatable bonds is 3. The molecule has 1 N–H and O–H groups in total. The molecule has 1 aliphatic rings. The Morgan fingerprint density at radius 2 is 2.40 bits per heavy atom. The van der Waals surface area contributed by atoms with E-state index >= 15 is 0 Å². The van der Waals surface area contributed by atoms with Gasteiger partial charge in [-0.25, -0.2) is 0 Å². The van der Waals surface area contributed by atoms with Crippen LogP contribution in [0.5, 0.6) is 5.75 Å². The summed E-state index contributed by atoms with van der Waals surface area (Å²) in [5.41, 5.74) is 3.73. The fourth-order valence-electron chi connectivity index (χ4n) is 2.27. The van der Waals surface area contributed by atoms with Crippen LogP contribution in [-0.2, 0) is 13.0 Å². The lowest BCUT2D eigenvalue weighted by atomic mass is 10.1. The molecular weight excluding hydrogens is 338 g/mol. The lowest BCUT2D eigenvalue weighted by molar-refractivity contribution is 0.354. The molecule has 0 saturated carbocycles. The number of anilines is 1. The molecule has 3 rings (SSSR count). The molecule has 0 unspecified atom stereocenters. The average molecular weight is 350 g/mol. The van der Waals surface area contributed by atoms with Crippen molar-refractivity contribution < 1.29 is 4.74 Å². The van der Waals surface area contributed by atoms with Gasteiger partial charge in [0.2, 0.25) is 0 Å². The molecule has 1 aromatic heterocycles. The smallest absolute Gasteiger partial charge is 0.127 e. The normalized spacial score (nSPS) is 12.7. The second kappa shape index (κ2) is 5.43. The van der Waals surface area contributed by atoms with Gasteiger partial charge in [-0.3, -0.25) is 0 Å². The Kier molecular flexibility index (Phi) is 3.64. The van der Waals surface area contributed by atoms with E-state index < -0.39 is 0 Å². The van der Waals surface area contributed by atoms with Crippen LogP contribution < -0.4 is 10.1 Å². The van der Waals surface area contributed by atoms with Crippen molar-refractivity contribution in [3.05, 3.63) is 39.0 Å². The Hall–Kier alpha value is -1.58. The first-order valence-electron chi connectivity index (χ1n) is 6.23. The van der Waals surface area contributed by atoms with Crippen molar-refractivity contribution in [2.45, 2.75) is 19.9 Å². The highest BCUT2D eigenvalue weighted by Gasteiger charge is 2.18. The van der Waals surface area contributed by atoms with Crippen molar-refractivity contribution >= 4 is 32.5 Å². The van der Waals surface area contributed by atoms with E-state index in [0.29, 0.717) is 12.1 Å². The van der Waals surface area contributed by atoms with Gasteiger partial charge in [-0.1, -0.05) is 15.9 Å². The Morgan fingerprint density at radius 1 is 1.55 bits per heavy atom. The largest absolute Gasteiger partial charge is 0.493 e. The maximum Gasteiger partial charge on any atom is 0.127 e. The highest BCUT2D eigenvalue weighted by atomic mass is 79.9. The van der Waals surface area contributed by atoms with E-state index in [4.69, 9.17) is 10.00 Å². The third kappa shape index (κ3) is 2.39. The molecular formula is C14H12BrN3OS. The Balaban J connectivity index is 1.84. The lowest BCUT2D eigenvalue weighted by Crippen LogP contribution is -2.01. The van der Waals surface area contributed by atoms with Gasteiger partial charge in [-0.05, 0) is 36.2 Å². The van der Waals surface area contributed by atoms with Gasteiger partial charge >= 0.3 is 0 Å². The highest BCUT2D eigenvalue weighted by Crippen LogP contribution is 2.34. The minimum atomic E-state index is 0.623. The summed E-state index contributed by atoms with van der Waals surface area (Å²) in [6, 6.07) is 6.34. The predicted molar refractivity (Wildman–Crippen MR) is 82.2 cm³/mol. The number of benzene rings is 1. The molecule has 4 nitrogen and oxygen atoms in total. The van der Waals surface area contributed by atoms with Crippen molar-refractivity contribution in [1.29, 1.82) is 5.26 Å². The molecule has 0 saturated heterocycles. The molecule has 6 heteroatoms. The number of aryl methyl sites for hydroxylation is 1. The molecule has 1 aliphatic heterocycles. The SMILES string of the molecule is Cc1nsc(NCc2cc(Br)cc3c2OCC3)c1C#N. The van der Waals surface area contributed by atoms with E-state index in [1.54, 1.807) is 0 Å². The van der Waals surface area contributed by atoms with Gasteiger partial charge in [0.25, 0.3) is 0 Å². The van der Waals surface area contributed by atoms with E-state index in [9.17, 15) is 0 Å². The zero-order valence-corrected chi connectivity index (χ0v) is 13.3. The van der Waals surface area contributed by atoms with Crippen LogP contribution in [0.4, 0.5) is 5.00 Å². The maximum absolute atomic E-state index is 9.13. The number of hydrogen-bond acceptors (Lipinski definition) is 5. The number of nitrogens with zero attached hydrogens (tertiary/aromatic N) is 2. The molecule has 0 amide bonds. The van der Waals surface area contributed by atoms with Gasteiger partial charge in [-0.2, -0.15) is 9.64 Å². The second-order valence-electron chi connectivity index (χ2n) is 4.59. The Morgan fingerprint density at radius 3 is 3.20 bits per heavy atom. The third-order valence-corrected chi connectivity index (χ3v) is 4.59. The summed E-state index contributed by atoms with van der Waals surface area (Å²) in [4.78, 5) is 0. The van der Waals surface area contributed by atoms with Crippen LogP contribution in [0.25, 0.3) is 0 Å². The third-order valence-electron chi connectivity index (χ3n) is 3.24. The van der Waals surface area contributed by atoms with Crippen molar-refractivity contribution in [2.24, 2.45) is 0 Å². The first kappa shape index (κ1) is 13.4. The standard InChI is InChI=1S/C14H12BrN3OS/c1-8-12(6-16)14(20-18-8)17-7-10-5-11(15)4-9-2-3-19-13(9)10/h4-5,17H,2-3,7H2,1H3. The van der Waals surface area contributed by atoms with Crippen LogP contribution >= 0.6 is 27.5 Å². The summed E-state index contributed by atoms with van der Waals surface area (Å²) < 4.78 is 11.0. The van der Waals surface area contributed by atoms with E-state index in [2.05, 4.69) is 43.8 Å². The minimum absolute atomic E-state index is 0.623. The monoisotopic (exact) mass is 349 g/mol. The molecule has 0 spiro atoms. The molecule has 102 valence electrons. The molecule has 0 bridgehead atoms. The van der Waals surface area contributed by atoms with Crippen LogP contribution in [0.3, 0.4) is 0 Å². The van der Waals surface area contributed by atoms with Crippen molar-refractivity contribution in [2.75, 3.05) is 11.9 Å². The quantitative estimate of drug-likeness (QED) is 0.918. The first-order chi connectivity index (χ1) is 9.69. The number of fused-ring (bicyclic) bond motifs is 1. The fraction of sp³-hybridized carbons (Fsp3) is 0.286. The molecule has 0 fully saturated rings. The van der Waals surface area contributed by atoms with Gasteiger partial charge in [0.15, 0.2) is 0 Å². The van der Waals surface area contributed by atoms with Crippen molar-refractivity contribution in [3.8, 4) is 11.8 Å². The van der Waals surface area contributed by atoms with Crippen molar-refractivity contribution in [3.63, 3.8) is 0 Å². The number of nitrogens with one attached hydrogen (secondary N) is 1. The topological polar surface area (TPSA) is 57.9 Å². The van der Waals surface area contributed by atoms with Gasteiger partial charge in [-0.15, -0.1) is 0 Å². The van der Waals surface area contributed by atoms with Crippen LogP contribution in [0.15, 0.2) is 16.6 Å². The first-order valence-corrected chi connectivity index (χ1v) is 7.80. The lowest BCUT2D eigenvalue weighted by Gasteiger charge is -2.10. The van der Waals surface area contributed by atoms with Crippen molar-refractivity contribution in [1.82, 2.24) is 4.37 Å². The Labute approximate surface area is 129 Å². The number of ether oxygens (including phenoxy) is 1. The molecule has 2 heterocycles. The molecule has 20 heavy (non-hydrogen) atoms. The molecule has 0 aliphatic carbocycles. The summed E-state index contributed by atoms with van der Waals surface area (Å²) in [5.74, 6) is 0.973. The second-order valence-corrected chi connectivity index (χ2v) is 6.28. The Bertz CT molecular complexity index is 705. The zero-order valence-electron chi connectivity index (χ0n) is 10.9. The number of halogens is 1. The highest BCUT2D eigenvalue weighted by molar-refractivity contribution is 9.10. The van der Waals surface area contributed by atoms with E-state index in [1.807, 2.05) is 6.92 Å². The van der Waals surface area contributed by atoms with Crippen LogP contribution in [0.2, 0.25) is 0 Å². The predicted octanol–water partition coefficient (Wildman–Crippen LogP) is 3.63. The maximum atomic E-state index is 9.13. The van der Waals surface area contributed by atoms with Gasteiger partial charge in [0, 0.05) is 23.0 Å². The van der Waals surface area contributed by atoms with Gasteiger partial charge < -0.3 is 10.1 Å². The van der Waals surface area contributed by atoms with E-state index in [0.717, 1.165) is 39.5 Å². The molecule has 1 aromatic carbocycles. The molecule has 2 aromatic rings. The van der Waals surface area contributed by atoms with E-state index in [1.165, 1.54) is 17.1 Å². The van der Waals surface area contributed by atoms with Gasteiger partial charge in [0.05, 0.1) is 12.3 Å². The summed E-state index contributed by atoms with van der Waals surface area (Å²) >= 11 is 4.85. The fourth-order valence-corrected chi connectivity index (χ4v) is 3.57. The van der Waals surface area contributed by atoms with Crippen LogP contribution in [-0.4, -0.2) is 11.0 Å². The summed E-state index contributed by atoms with van der Waals surface area (Å²) in [7, 11) is 0. The minimum Gasteiger partial charge on any atom is -0.493 e. The molecule has 0 radical (unpaired) electrons. The van der Waals surface area contributed by atoms with Crippen LogP contribution in [0, 0.1) is 18.3 Å². The number of nitriles is 1. The average Bonchev–Trinajstić information content (AvgIpc) is 3.02.